The fourth-order valence-corrected chi connectivity index (χ4v) is 2.17. The van der Waals surface area contributed by atoms with Crippen molar-refractivity contribution in [3.63, 3.8) is 0 Å². The molecule has 1 fully saturated rings. The molecule has 100 valence electrons. The van der Waals surface area contributed by atoms with Crippen molar-refractivity contribution in [2.75, 3.05) is 27.4 Å². The van der Waals surface area contributed by atoms with Gasteiger partial charge in [-0.05, 0) is 30.5 Å². The lowest BCUT2D eigenvalue weighted by Gasteiger charge is -2.21. The van der Waals surface area contributed by atoms with Gasteiger partial charge in [0.1, 0.15) is 0 Å². The molecular formula is C14H21NO3. The van der Waals surface area contributed by atoms with Crippen molar-refractivity contribution in [2.24, 2.45) is 0 Å². The minimum Gasteiger partial charge on any atom is -0.493 e. The molecule has 1 aliphatic rings. The van der Waals surface area contributed by atoms with E-state index < -0.39 is 0 Å². The van der Waals surface area contributed by atoms with Gasteiger partial charge in [-0.25, -0.2) is 0 Å². The van der Waals surface area contributed by atoms with Crippen LogP contribution in [0.2, 0.25) is 0 Å². The van der Waals surface area contributed by atoms with E-state index in [0.717, 1.165) is 24.6 Å². The van der Waals surface area contributed by atoms with Gasteiger partial charge in [0.25, 0.3) is 0 Å². The maximum atomic E-state index is 9.09. The normalized spacial score (nSPS) is 14.9. The molecule has 0 aromatic heterocycles. The second kappa shape index (κ2) is 6.07. The molecule has 4 heteroatoms. The van der Waals surface area contributed by atoms with E-state index >= 15 is 0 Å². The van der Waals surface area contributed by atoms with Gasteiger partial charge in [0.15, 0.2) is 11.5 Å². The first-order chi connectivity index (χ1) is 8.78. The number of benzene rings is 1. The van der Waals surface area contributed by atoms with Crippen LogP contribution in [0.3, 0.4) is 0 Å². The first-order valence-corrected chi connectivity index (χ1v) is 6.34. The van der Waals surface area contributed by atoms with Crippen molar-refractivity contribution in [3.8, 4) is 11.5 Å². The summed E-state index contributed by atoms with van der Waals surface area (Å²) in [5.41, 5.74) is 1.19. The fourth-order valence-electron chi connectivity index (χ4n) is 2.17. The largest absolute Gasteiger partial charge is 0.493 e. The summed E-state index contributed by atoms with van der Waals surface area (Å²) in [7, 11) is 3.29. The number of aliphatic hydroxyl groups is 1. The molecule has 0 radical (unpaired) electrons. The number of nitrogens with zero attached hydrogens (tertiary/aromatic N) is 1. The zero-order chi connectivity index (χ0) is 13.0. The molecule has 0 spiro atoms. The first kappa shape index (κ1) is 13.2. The molecule has 0 amide bonds. The van der Waals surface area contributed by atoms with Crippen LogP contribution in [0, 0.1) is 0 Å². The van der Waals surface area contributed by atoms with Gasteiger partial charge in [-0.15, -0.1) is 0 Å². The zero-order valence-corrected chi connectivity index (χ0v) is 11.1. The highest BCUT2D eigenvalue weighted by atomic mass is 16.5. The van der Waals surface area contributed by atoms with Gasteiger partial charge in [0.05, 0.1) is 20.8 Å². The van der Waals surface area contributed by atoms with Crippen molar-refractivity contribution < 1.29 is 14.6 Å². The fraction of sp³-hybridized carbons (Fsp3) is 0.571. The molecule has 1 aromatic rings. The lowest BCUT2D eigenvalue weighted by Crippen LogP contribution is -2.28. The number of hydrogen-bond acceptors (Lipinski definition) is 4. The van der Waals surface area contributed by atoms with E-state index in [-0.39, 0.29) is 6.61 Å². The van der Waals surface area contributed by atoms with E-state index in [1.807, 2.05) is 18.2 Å². The number of aliphatic hydroxyl groups excluding tert-OH is 1. The molecule has 0 heterocycles. The number of hydrogen-bond donors (Lipinski definition) is 1. The smallest absolute Gasteiger partial charge is 0.161 e. The van der Waals surface area contributed by atoms with Gasteiger partial charge in [-0.3, -0.25) is 4.90 Å². The van der Waals surface area contributed by atoms with Crippen molar-refractivity contribution in [3.05, 3.63) is 23.8 Å². The standard InChI is InChI=1S/C14H21NO3/c1-17-13-6-3-11(9-14(13)18-2)10-15(7-8-16)12-4-5-12/h3,6,9,12,16H,4-5,7-8,10H2,1-2H3. The van der Waals surface area contributed by atoms with E-state index in [9.17, 15) is 0 Å². The highest BCUT2D eigenvalue weighted by Gasteiger charge is 2.28. The van der Waals surface area contributed by atoms with Gasteiger partial charge >= 0.3 is 0 Å². The summed E-state index contributed by atoms with van der Waals surface area (Å²) in [4.78, 5) is 2.32. The number of methoxy groups -OCH3 is 2. The molecule has 0 bridgehead atoms. The second-order valence-corrected chi connectivity index (χ2v) is 4.61. The Kier molecular flexibility index (Phi) is 4.44. The molecule has 1 saturated carbocycles. The topological polar surface area (TPSA) is 41.9 Å². The Morgan fingerprint density at radius 1 is 1.22 bits per heavy atom. The number of rotatable bonds is 7. The van der Waals surface area contributed by atoms with Crippen LogP contribution in [0.25, 0.3) is 0 Å². The highest BCUT2D eigenvalue weighted by Crippen LogP contribution is 2.31. The Hall–Kier alpha value is -1.26. The molecule has 0 aliphatic heterocycles. The van der Waals surface area contributed by atoms with Gasteiger partial charge < -0.3 is 14.6 Å². The Labute approximate surface area is 108 Å². The Morgan fingerprint density at radius 2 is 1.94 bits per heavy atom. The predicted molar refractivity (Wildman–Crippen MR) is 70.1 cm³/mol. The van der Waals surface area contributed by atoms with Gasteiger partial charge in [0, 0.05) is 19.1 Å². The quantitative estimate of drug-likeness (QED) is 0.800. The zero-order valence-electron chi connectivity index (χ0n) is 11.1. The monoisotopic (exact) mass is 251 g/mol. The van der Waals surface area contributed by atoms with Crippen LogP contribution in [0.5, 0.6) is 11.5 Å². The van der Waals surface area contributed by atoms with E-state index in [2.05, 4.69) is 4.90 Å². The first-order valence-electron chi connectivity index (χ1n) is 6.34. The summed E-state index contributed by atoms with van der Waals surface area (Å²) < 4.78 is 10.5. The maximum Gasteiger partial charge on any atom is 0.161 e. The molecule has 1 aromatic carbocycles. The van der Waals surface area contributed by atoms with Crippen LogP contribution >= 0.6 is 0 Å². The Balaban J connectivity index is 2.07. The minimum absolute atomic E-state index is 0.212. The molecule has 1 aliphatic carbocycles. The maximum absolute atomic E-state index is 9.09. The van der Waals surface area contributed by atoms with E-state index in [4.69, 9.17) is 14.6 Å². The second-order valence-electron chi connectivity index (χ2n) is 4.61. The third-order valence-electron chi connectivity index (χ3n) is 3.28. The third kappa shape index (κ3) is 3.15. The van der Waals surface area contributed by atoms with Crippen LogP contribution in [0.15, 0.2) is 18.2 Å². The number of ether oxygens (including phenoxy) is 2. The molecule has 0 atom stereocenters. The highest BCUT2D eigenvalue weighted by molar-refractivity contribution is 5.42. The molecular weight excluding hydrogens is 230 g/mol. The summed E-state index contributed by atoms with van der Waals surface area (Å²) in [6.07, 6.45) is 2.49. The van der Waals surface area contributed by atoms with Crippen LogP contribution < -0.4 is 9.47 Å². The SMILES string of the molecule is COc1ccc(CN(CCO)C2CC2)cc1OC. The van der Waals surface area contributed by atoms with Crippen molar-refractivity contribution in [1.29, 1.82) is 0 Å². The predicted octanol–water partition coefficient (Wildman–Crippen LogP) is 1.66. The van der Waals surface area contributed by atoms with E-state index in [1.54, 1.807) is 14.2 Å². The lowest BCUT2D eigenvalue weighted by atomic mass is 10.2. The Bertz CT molecular complexity index is 391. The summed E-state index contributed by atoms with van der Waals surface area (Å²) in [5, 5.41) is 9.09. The van der Waals surface area contributed by atoms with Crippen LogP contribution in [0.1, 0.15) is 18.4 Å². The van der Waals surface area contributed by atoms with Crippen LogP contribution in [-0.4, -0.2) is 43.4 Å². The molecule has 4 nitrogen and oxygen atoms in total. The van der Waals surface area contributed by atoms with Crippen molar-refractivity contribution in [2.45, 2.75) is 25.4 Å². The third-order valence-corrected chi connectivity index (χ3v) is 3.28. The van der Waals surface area contributed by atoms with Crippen molar-refractivity contribution >= 4 is 0 Å². The summed E-state index contributed by atoms with van der Waals surface area (Å²) in [5.74, 6) is 1.51. The van der Waals surface area contributed by atoms with Gasteiger partial charge in [0.2, 0.25) is 0 Å². The Morgan fingerprint density at radius 3 is 2.50 bits per heavy atom. The van der Waals surface area contributed by atoms with Gasteiger partial charge in [-0.1, -0.05) is 6.07 Å². The summed E-state index contributed by atoms with van der Waals surface area (Å²) in [6, 6.07) is 6.63. The molecule has 18 heavy (non-hydrogen) atoms. The summed E-state index contributed by atoms with van der Waals surface area (Å²) in [6.45, 7) is 1.80. The molecule has 2 rings (SSSR count). The molecule has 1 N–H and O–H groups in total. The van der Waals surface area contributed by atoms with Crippen LogP contribution in [0.4, 0.5) is 0 Å². The molecule has 0 saturated heterocycles. The van der Waals surface area contributed by atoms with E-state index in [0.29, 0.717) is 6.04 Å². The average molecular weight is 251 g/mol. The van der Waals surface area contributed by atoms with Crippen LogP contribution in [-0.2, 0) is 6.54 Å². The van der Waals surface area contributed by atoms with Gasteiger partial charge in [-0.2, -0.15) is 0 Å². The van der Waals surface area contributed by atoms with E-state index in [1.165, 1.54) is 18.4 Å². The molecule has 0 unspecified atom stereocenters. The lowest BCUT2D eigenvalue weighted by molar-refractivity contribution is 0.183. The van der Waals surface area contributed by atoms with Crippen molar-refractivity contribution in [1.82, 2.24) is 4.90 Å². The summed E-state index contributed by atoms with van der Waals surface area (Å²) >= 11 is 0. The minimum atomic E-state index is 0.212. The average Bonchev–Trinajstić information content (AvgIpc) is 3.22.